The molecule has 0 atom stereocenters. The predicted molar refractivity (Wildman–Crippen MR) is 121 cm³/mol. The highest BCUT2D eigenvalue weighted by atomic mass is 32.1. The molecule has 156 valence electrons. The van der Waals surface area contributed by atoms with Crippen molar-refractivity contribution >= 4 is 22.9 Å². The Bertz CT molecular complexity index is 806. The van der Waals surface area contributed by atoms with E-state index in [1.807, 2.05) is 11.3 Å². The summed E-state index contributed by atoms with van der Waals surface area (Å²) >= 11 is 1.83. The fraction of sp³-hybridized carbons (Fsp3) is 0.522. The van der Waals surface area contributed by atoms with Crippen molar-refractivity contribution in [3.05, 3.63) is 51.7 Å². The molecular formula is C23H32N4OS. The number of piperazine rings is 2. The zero-order valence-electron chi connectivity index (χ0n) is 17.6. The van der Waals surface area contributed by atoms with Crippen molar-refractivity contribution in [3.63, 3.8) is 0 Å². The zero-order valence-corrected chi connectivity index (χ0v) is 18.5. The van der Waals surface area contributed by atoms with Crippen molar-refractivity contribution in [3.8, 4) is 0 Å². The summed E-state index contributed by atoms with van der Waals surface area (Å²) in [6.07, 6.45) is 0. The van der Waals surface area contributed by atoms with E-state index < -0.39 is 0 Å². The number of nitrogens with zero attached hydrogens (tertiary/aromatic N) is 4. The maximum Gasteiger partial charge on any atom is 0.236 e. The SMILES string of the molecule is Cc1cccc(N2CCN(C(=O)CN3CCN(Cc4cccs4)CC3)CC2)c1C. The Morgan fingerprint density at radius 2 is 1.62 bits per heavy atom. The van der Waals surface area contributed by atoms with Gasteiger partial charge in [0.05, 0.1) is 6.54 Å². The summed E-state index contributed by atoms with van der Waals surface area (Å²) < 4.78 is 0. The molecule has 2 aliphatic heterocycles. The molecule has 3 heterocycles. The summed E-state index contributed by atoms with van der Waals surface area (Å²) in [5.74, 6) is 0.289. The molecule has 1 amide bonds. The van der Waals surface area contributed by atoms with Gasteiger partial charge in [0.1, 0.15) is 0 Å². The first-order chi connectivity index (χ1) is 14.1. The van der Waals surface area contributed by atoms with Crippen LogP contribution in [0.3, 0.4) is 0 Å². The fourth-order valence-corrected chi connectivity index (χ4v) is 5.04. The number of rotatable bonds is 5. The van der Waals surface area contributed by atoms with E-state index in [0.29, 0.717) is 6.54 Å². The number of carbonyl (C=O) groups is 1. The Labute approximate surface area is 178 Å². The molecule has 1 aromatic heterocycles. The van der Waals surface area contributed by atoms with E-state index in [2.05, 4.69) is 69.2 Å². The molecule has 29 heavy (non-hydrogen) atoms. The number of carbonyl (C=O) groups excluding carboxylic acids is 1. The molecule has 1 aromatic carbocycles. The Hall–Kier alpha value is -1.89. The maximum absolute atomic E-state index is 12.8. The Morgan fingerprint density at radius 3 is 2.31 bits per heavy atom. The fourth-order valence-electron chi connectivity index (χ4n) is 4.29. The highest BCUT2D eigenvalue weighted by Gasteiger charge is 2.25. The molecule has 2 aliphatic rings. The zero-order chi connectivity index (χ0) is 20.2. The Balaban J connectivity index is 1.22. The molecular weight excluding hydrogens is 380 g/mol. The van der Waals surface area contributed by atoms with Crippen molar-refractivity contribution in [2.45, 2.75) is 20.4 Å². The van der Waals surface area contributed by atoms with Crippen LogP contribution >= 0.6 is 11.3 Å². The smallest absolute Gasteiger partial charge is 0.236 e. The standard InChI is InChI=1S/C23H32N4OS/c1-19-5-3-7-22(20(19)2)26-12-14-27(15-13-26)23(28)18-25-10-8-24(9-11-25)17-21-6-4-16-29-21/h3-7,16H,8-15,17-18H2,1-2H3. The van der Waals surface area contributed by atoms with Crippen LogP contribution in [0.25, 0.3) is 0 Å². The quantitative estimate of drug-likeness (QED) is 0.756. The average Bonchev–Trinajstić information content (AvgIpc) is 3.25. The summed E-state index contributed by atoms with van der Waals surface area (Å²) in [7, 11) is 0. The lowest BCUT2D eigenvalue weighted by atomic mass is 10.1. The van der Waals surface area contributed by atoms with Crippen LogP contribution in [0, 0.1) is 13.8 Å². The second-order valence-corrected chi connectivity index (χ2v) is 9.25. The van der Waals surface area contributed by atoms with Gasteiger partial charge in [-0.1, -0.05) is 18.2 Å². The summed E-state index contributed by atoms with van der Waals surface area (Å²) in [4.78, 5) is 23.6. The van der Waals surface area contributed by atoms with E-state index in [4.69, 9.17) is 0 Å². The molecule has 0 spiro atoms. The minimum atomic E-state index is 0.289. The topological polar surface area (TPSA) is 30.0 Å². The lowest BCUT2D eigenvalue weighted by Crippen LogP contribution is -2.53. The molecule has 2 saturated heterocycles. The molecule has 0 radical (unpaired) electrons. The lowest BCUT2D eigenvalue weighted by molar-refractivity contribution is -0.133. The third-order valence-corrected chi connectivity index (χ3v) is 7.19. The molecule has 5 nitrogen and oxygen atoms in total. The van der Waals surface area contributed by atoms with Gasteiger partial charge in [-0.05, 0) is 42.5 Å². The number of thiophene rings is 1. The first-order valence-corrected chi connectivity index (χ1v) is 11.5. The van der Waals surface area contributed by atoms with E-state index in [9.17, 15) is 4.79 Å². The van der Waals surface area contributed by atoms with Crippen LogP contribution in [0.5, 0.6) is 0 Å². The Morgan fingerprint density at radius 1 is 0.897 bits per heavy atom. The monoisotopic (exact) mass is 412 g/mol. The van der Waals surface area contributed by atoms with Crippen LogP contribution in [0.15, 0.2) is 35.7 Å². The maximum atomic E-state index is 12.8. The van der Waals surface area contributed by atoms with Gasteiger partial charge >= 0.3 is 0 Å². The summed E-state index contributed by atoms with van der Waals surface area (Å²) in [5, 5.41) is 2.14. The van der Waals surface area contributed by atoms with Crippen LogP contribution in [0.2, 0.25) is 0 Å². The minimum Gasteiger partial charge on any atom is -0.368 e. The highest BCUT2D eigenvalue weighted by Crippen LogP contribution is 2.24. The van der Waals surface area contributed by atoms with Crippen LogP contribution < -0.4 is 4.90 Å². The number of benzene rings is 1. The van der Waals surface area contributed by atoms with Crippen LogP contribution in [0.1, 0.15) is 16.0 Å². The van der Waals surface area contributed by atoms with Crippen molar-refractivity contribution < 1.29 is 4.79 Å². The average molecular weight is 413 g/mol. The summed E-state index contributed by atoms with van der Waals surface area (Å²) in [6.45, 7) is 13.5. The molecule has 0 bridgehead atoms. The number of anilines is 1. The largest absolute Gasteiger partial charge is 0.368 e. The third kappa shape index (κ3) is 5.00. The number of amides is 1. The summed E-state index contributed by atoms with van der Waals surface area (Å²) in [6, 6.07) is 10.8. The third-order valence-electron chi connectivity index (χ3n) is 6.33. The second kappa shape index (κ2) is 9.28. The van der Waals surface area contributed by atoms with Crippen molar-refractivity contribution in [2.75, 3.05) is 63.8 Å². The normalized spacial score (nSPS) is 19.0. The van der Waals surface area contributed by atoms with Crippen molar-refractivity contribution in [1.29, 1.82) is 0 Å². The Kier molecular flexibility index (Phi) is 6.53. The molecule has 6 heteroatoms. The van der Waals surface area contributed by atoms with Gasteiger partial charge in [0.25, 0.3) is 0 Å². The molecule has 4 rings (SSSR count). The van der Waals surface area contributed by atoms with Crippen molar-refractivity contribution in [1.82, 2.24) is 14.7 Å². The predicted octanol–water partition coefficient (Wildman–Crippen LogP) is 2.83. The highest BCUT2D eigenvalue weighted by molar-refractivity contribution is 7.09. The van der Waals surface area contributed by atoms with Gasteiger partial charge in [-0.15, -0.1) is 11.3 Å². The van der Waals surface area contributed by atoms with Gasteiger partial charge in [-0.25, -0.2) is 0 Å². The van der Waals surface area contributed by atoms with E-state index in [-0.39, 0.29) is 5.91 Å². The molecule has 2 aromatic rings. The minimum absolute atomic E-state index is 0.289. The van der Waals surface area contributed by atoms with Gasteiger partial charge in [-0.3, -0.25) is 14.6 Å². The number of hydrogen-bond donors (Lipinski definition) is 0. The molecule has 0 unspecified atom stereocenters. The number of aryl methyl sites for hydroxylation is 1. The first-order valence-electron chi connectivity index (χ1n) is 10.7. The lowest BCUT2D eigenvalue weighted by Gasteiger charge is -2.39. The van der Waals surface area contributed by atoms with Gasteiger partial charge < -0.3 is 9.80 Å². The van der Waals surface area contributed by atoms with E-state index in [1.165, 1.54) is 21.7 Å². The van der Waals surface area contributed by atoms with Crippen LogP contribution in [0.4, 0.5) is 5.69 Å². The second-order valence-electron chi connectivity index (χ2n) is 8.22. The molecule has 0 aliphatic carbocycles. The van der Waals surface area contributed by atoms with E-state index in [0.717, 1.165) is 58.9 Å². The molecule has 0 saturated carbocycles. The van der Waals surface area contributed by atoms with Gasteiger partial charge in [-0.2, -0.15) is 0 Å². The van der Waals surface area contributed by atoms with Gasteiger partial charge in [0, 0.05) is 69.5 Å². The molecule has 0 N–H and O–H groups in total. The van der Waals surface area contributed by atoms with E-state index in [1.54, 1.807) is 0 Å². The number of hydrogen-bond acceptors (Lipinski definition) is 5. The van der Waals surface area contributed by atoms with Gasteiger partial charge in [0.15, 0.2) is 0 Å². The summed E-state index contributed by atoms with van der Waals surface area (Å²) in [5.41, 5.74) is 4.01. The van der Waals surface area contributed by atoms with E-state index >= 15 is 0 Å². The van der Waals surface area contributed by atoms with Crippen LogP contribution in [-0.2, 0) is 11.3 Å². The van der Waals surface area contributed by atoms with Gasteiger partial charge in [0.2, 0.25) is 5.91 Å². The van der Waals surface area contributed by atoms with Crippen LogP contribution in [-0.4, -0.2) is 79.5 Å². The van der Waals surface area contributed by atoms with Crippen molar-refractivity contribution in [2.24, 2.45) is 0 Å². The molecule has 2 fully saturated rings. The first kappa shape index (κ1) is 20.4.